The second-order valence-corrected chi connectivity index (χ2v) is 7.09. The van der Waals surface area contributed by atoms with Crippen LogP contribution in [0.25, 0.3) is 28.4 Å². The van der Waals surface area contributed by atoms with Crippen LogP contribution < -0.4 is 10.5 Å². The number of nitrogens with two attached hydrogens (primary N) is 1. The van der Waals surface area contributed by atoms with Crippen LogP contribution in [0.15, 0.2) is 54.6 Å². The topological polar surface area (TPSA) is 94.1 Å². The normalized spacial score (nSPS) is 11.7. The van der Waals surface area contributed by atoms with E-state index >= 15 is 0 Å². The summed E-state index contributed by atoms with van der Waals surface area (Å²) in [7, 11) is 1.62. The summed E-state index contributed by atoms with van der Waals surface area (Å²) in [5, 5.41) is 7.68. The van der Waals surface area contributed by atoms with Crippen molar-refractivity contribution in [2.75, 3.05) is 7.11 Å². The van der Waals surface area contributed by atoms with E-state index in [-0.39, 0.29) is 5.90 Å². The molecule has 6 heteroatoms. The Labute approximate surface area is 191 Å². The number of ether oxygens (including phenoxy) is 2. The Hall–Kier alpha value is -3.25. The zero-order chi connectivity index (χ0) is 23.3. The maximum Gasteiger partial charge on any atom is 0.240 e. The fourth-order valence-corrected chi connectivity index (χ4v) is 3.15. The van der Waals surface area contributed by atoms with Crippen LogP contribution in [-0.2, 0) is 4.74 Å². The van der Waals surface area contributed by atoms with Crippen molar-refractivity contribution in [2.45, 2.75) is 52.7 Å². The number of nitrogens with zero attached hydrogens (tertiary/aromatic N) is 2. The molecule has 170 valence electrons. The lowest BCUT2D eigenvalue weighted by molar-refractivity contribution is 0.206. The van der Waals surface area contributed by atoms with E-state index in [9.17, 15) is 0 Å². The van der Waals surface area contributed by atoms with Crippen LogP contribution >= 0.6 is 0 Å². The number of hydrogen-bond acceptors (Lipinski definition) is 6. The van der Waals surface area contributed by atoms with Crippen molar-refractivity contribution in [1.29, 1.82) is 5.41 Å². The molecule has 32 heavy (non-hydrogen) atoms. The monoisotopic (exact) mass is 434 g/mol. The number of nitrogens with one attached hydrogen (secondary N) is 1. The number of para-hydroxylation sites is 2. The molecular weight excluding hydrogens is 400 g/mol. The lowest BCUT2D eigenvalue weighted by Crippen LogP contribution is -2.22. The first-order valence-electron chi connectivity index (χ1n) is 11.1. The van der Waals surface area contributed by atoms with Crippen LogP contribution in [0.4, 0.5) is 0 Å². The minimum Gasteiger partial charge on any atom is -0.479 e. The minimum atomic E-state index is -0.421. The number of fused-ring (bicyclic) bond motifs is 1. The first kappa shape index (κ1) is 25.0. The molecule has 0 amide bonds. The van der Waals surface area contributed by atoms with Crippen LogP contribution in [0.5, 0.6) is 5.88 Å². The highest BCUT2D eigenvalue weighted by Crippen LogP contribution is 2.29. The van der Waals surface area contributed by atoms with E-state index in [1.807, 2.05) is 50.2 Å². The average molecular weight is 435 g/mol. The van der Waals surface area contributed by atoms with Crippen LogP contribution in [0.1, 0.15) is 52.0 Å². The minimum absolute atomic E-state index is 0.257. The molecule has 6 nitrogen and oxygen atoms in total. The summed E-state index contributed by atoms with van der Waals surface area (Å²) < 4.78 is 10.6. The molecule has 1 atom stereocenters. The van der Waals surface area contributed by atoms with Crippen LogP contribution in [0.3, 0.4) is 0 Å². The maximum atomic E-state index is 7.68. The van der Waals surface area contributed by atoms with Gasteiger partial charge < -0.3 is 9.47 Å². The zero-order valence-corrected chi connectivity index (χ0v) is 19.5. The highest BCUT2D eigenvalue weighted by Gasteiger charge is 2.11. The molecule has 1 heterocycles. The summed E-state index contributed by atoms with van der Waals surface area (Å²) in [6.45, 7) is 5.73. The standard InChI is InChI=1S/C24H28N4O2.C2H6/c1-17(25)30-22(26)15-6-4-3-5-10-18-11-9-12-19(16-18)23-24(29-2)28-21-14-8-7-13-20(21)27-23;1-2/h5,7-14,16-17,26H,3-4,6,15,25H2,1-2H3;1-2H3/b10-5+,26-22?;. The first-order chi connectivity index (χ1) is 15.6. The third-order valence-corrected chi connectivity index (χ3v) is 4.56. The molecule has 0 radical (unpaired) electrons. The fourth-order valence-electron chi connectivity index (χ4n) is 3.15. The second kappa shape index (κ2) is 13.2. The van der Waals surface area contributed by atoms with Gasteiger partial charge in [0.25, 0.3) is 0 Å². The van der Waals surface area contributed by atoms with Crippen molar-refractivity contribution in [3.8, 4) is 17.1 Å². The van der Waals surface area contributed by atoms with E-state index in [1.165, 1.54) is 0 Å². The van der Waals surface area contributed by atoms with Crippen LogP contribution in [-0.4, -0.2) is 29.2 Å². The van der Waals surface area contributed by atoms with Gasteiger partial charge in [0.15, 0.2) is 5.90 Å². The van der Waals surface area contributed by atoms with E-state index in [2.05, 4.69) is 29.3 Å². The molecular formula is C26H34N4O2. The SMILES string of the molecule is CC.COc1nc2ccccc2nc1-c1cccc(/C=C/CCCCC(=N)OC(C)N)c1. The van der Waals surface area contributed by atoms with Crippen LogP contribution in [0.2, 0.25) is 0 Å². The fraction of sp³-hybridized carbons (Fsp3) is 0.346. The van der Waals surface area contributed by atoms with Gasteiger partial charge >= 0.3 is 0 Å². The van der Waals surface area contributed by atoms with Crippen LogP contribution in [0, 0.1) is 5.41 Å². The third-order valence-electron chi connectivity index (χ3n) is 4.56. The predicted octanol–water partition coefficient (Wildman–Crippen LogP) is 6.20. The average Bonchev–Trinajstić information content (AvgIpc) is 2.81. The number of allylic oxidation sites excluding steroid dienone is 1. The molecule has 0 saturated carbocycles. The maximum absolute atomic E-state index is 7.68. The largest absolute Gasteiger partial charge is 0.479 e. The van der Waals surface area contributed by atoms with Crippen molar-refractivity contribution in [3.05, 3.63) is 60.2 Å². The molecule has 1 aromatic heterocycles. The number of rotatable bonds is 9. The summed E-state index contributed by atoms with van der Waals surface area (Å²) in [5.74, 6) is 0.776. The van der Waals surface area contributed by atoms with E-state index in [0.717, 1.165) is 47.1 Å². The van der Waals surface area contributed by atoms with Gasteiger partial charge in [-0.05, 0) is 49.9 Å². The Kier molecular flexibility index (Phi) is 10.3. The Balaban J connectivity index is 0.00000176. The second-order valence-electron chi connectivity index (χ2n) is 7.09. The van der Waals surface area contributed by atoms with Gasteiger partial charge in [-0.1, -0.05) is 56.3 Å². The Morgan fingerprint density at radius 3 is 2.47 bits per heavy atom. The van der Waals surface area contributed by atoms with Gasteiger partial charge in [0.05, 0.1) is 18.1 Å². The lowest BCUT2D eigenvalue weighted by atomic mass is 10.1. The van der Waals surface area contributed by atoms with Gasteiger partial charge in [0.2, 0.25) is 5.88 Å². The van der Waals surface area contributed by atoms with E-state index in [4.69, 9.17) is 25.6 Å². The van der Waals surface area contributed by atoms with Crippen molar-refractivity contribution in [2.24, 2.45) is 5.73 Å². The van der Waals surface area contributed by atoms with Gasteiger partial charge in [-0.2, -0.15) is 0 Å². The number of benzene rings is 2. The number of hydrogen-bond donors (Lipinski definition) is 2. The van der Waals surface area contributed by atoms with Gasteiger partial charge in [0.1, 0.15) is 11.9 Å². The van der Waals surface area contributed by atoms with Crippen molar-refractivity contribution in [3.63, 3.8) is 0 Å². The quantitative estimate of drug-likeness (QED) is 0.181. The number of aromatic nitrogens is 2. The van der Waals surface area contributed by atoms with Gasteiger partial charge in [-0.25, -0.2) is 9.97 Å². The zero-order valence-electron chi connectivity index (χ0n) is 19.5. The van der Waals surface area contributed by atoms with Crippen molar-refractivity contribution < 1.29 is 9.47 Å². The predicted molar refractivity (Wildman–Crippen MR) is 133 cm³/mol. The molecule has 0 saturated heterocycles. The summed E-state index contributed by atoms with van der Waals surface area (Å²) in [4.78, 5) is 9.35. The van der Waals surface area contributed by atoms with Gasteiger partial charge in [-0.15, -0.1) is 0 Å². The molecule has 1 unspecified atom stereocenters. The van der Waals surface area contributed by atoms with Gasteiger partial charge in [0, 0.05) is 12.0 Å². The molecule has 0 bridgehead atoms. The molecule has 2 aromatic carbocycles. The van der Waals surface area contributed by atoms with Crippen molar-refractivity contribution >= 4 is 23.0 Å². The van der Waals surface area contributed by atoms with E-state index in [0.29, 0.717) is 12.3 Å². The smallest absolute Gasteiger partial charge is 0.240 e. The Bertz CT molecular complexity index is 1030. The summed E-state index contributed by atoms with van der Waals surface area (Å²) in [6, 6.07) is 16.0. The number of methoxy groups -OCH3 is 1. The Morgan fingerprint density at radius 2 is 1.78 bits per heavy atom. The highest BCUT2D eigenvalue weighted by molar-refractivity contribution is 5.80. The third kappa shape index (κ3) is 7.46. The van der Waals surface area contributed by atoms with Crippen molar-refractivity contribution in [1.82, 2.24) is 9.97 Å². The molecule has 3 aromatic rings. The summed E-state index contributed by atoms with van der Waals surface area (Å²) in [5.41, 5.74) is 9.97. The molecule has 3 N–H and O–H groups in total. The summed E-state index contributed by atoms with van der Waals surface area (Å²) >= 11 is 0. The molecule has 0 aliphatic heterocycles. The molecule has 0 aliphatic rings. The highest BCUT2D eigenvalue weighted by atomic mass is 16.5. The molecule has 0 fully saturated rings. The molecule has 0 spiro atoms. The first-order valence-corrected chi connectivity index (χ1v) is 11.1. The summed E-state index contributed by atoms with van der Waals surface area (Å²) in [6.07, 6.45) is 7.29. The molecule has 0 aliphatic carbocycles. The Morgan fingerprint density at radius 1 is 1.06 bits per heavy atom. The van der Waals surface area contributed by atoms with Gasteiger partial charge in [-0.3, -0.25) is 11.1 Å². The molecule has 3 rings (SSSR count). The number of unbranched alkanes of at least 4 members (excludes halogenated alkanes) is 2. The lowest BCUT2D eigenvalue weighted by Gasteiger charge is -2.09. The van der Waals surface area contributed by atoms with E-state index in [1.54, 1.807) is 14.0 Å². The van der Waals surface area contributed by atoms with E-state index < -0.39 is 6.23 Å².